The fourth-order valence-electron chi connectivity index (χ4n) is 2.19. The SMILES string of the molecule is Cc1ccc(/C=N\NC(=O)c2ccc(NC(=O)c3ccco3)cc2)cc1. The van der Waals surface area contributed by atoms with Gasteiger partial charge in [-0.2, -0.15) is 5.10 Å². The lowest BCUT2D eigenvalue weighted by atomic mass is 10.2. The van der Waals surface area contributed by atoms with Crippen molar-refractivity contribution in [2.75, 3.05) is 5.32 Å². The van der Waals surface area contributed by atoms with Crippen LogP contribution >= 0.6 is 0 Å². The van der Waals surface area contributed by atoms with Crippen LogP contribution in [0.5, 0.6) is 0 Å². The van der Waals surface area contributed by atoms with Crippen LogP contribution in [0.1, 0.15) is 32.0 Å². The lowest BCUT2D eigenvalue weighted by molar-refractivity contribution is 0.0954. The quantitative estimate of drug-likeness (QED) is 0.546. The molecular formula is C20H17N3O3. The van der Waals surface area contributed by atoms with Gasteiger partial charge in [0.1, 0.15) is 0 Å². The zero-order valence-electron chi connectivity index (χ0n) is 14.1. The van der Waals surface area contributed by atoms with Crippen molar-refractivity contribution >= 4 is 23.7 Å². The number of hydrogen-bond donors (Lipinski definition) is 2. The zero-order chi connectivity index (χ0) is 18.4. The summed E-state index contributed by atoms with van der Waals surface area (Å²) in [7, 11) is 0. The van der Waals surface area contributed by atoms with Crippen LogP contribution in [0.2, 0.25) is 0 Å². The molecule has 1 aromatic heterocycles. The van der Waals surface area contributed by atoms with E-state index in [2.05, 4.69) is 15.8 Å². The number of anilines is 1. The molecule has 0 radical (unpaired) electrons. The molecular weight excluding hydrogens is 330 g/mol. The summed E-state index contributed by atoms with van der Waals surface area (Å²) in [6, 6.07) is 17.5. The average molecular weight is 347 g/mol. The Labute approximate surface area is 150 Å². The Hall–Kier alpha value is -3.67. The summed E-state index contributed by atoms with van der Waals surface area (Å²) >= 11 is 0. The molecule has 0 unspecified atom stereocenters. The van der Waals surface area contributed by atoms with Crippen molar-refractivity contribution in [3.8, 4) is 0 Å². The van der Waals surface area contributed by atoms with E-state index in [0.29, 0.717) is 11.3 Å². The van der Waals surface area contributed by atoms with Crippen LogP contribution in [0.25, 0.3) is 0 Å². The van der Waals surface area contributed by atoms with Gasteiger partial charge in [0.05, 0.1) is 12.5 Å². The first-order valence-electron chi connectivity index (χ1n) is 7.97. The van der Waals surface area contributed by atoms with Crippen LogP contribution < -0.4 is 10.7 Å². The van der Waals surface area contributed by atoms with E-state index in [-0.39, 0.29) is 17.6 Å². The molecule has 6 heteroatoms. The minimum Gasteiger partial charge on any atom is -0.459 e. The minimum atomic E-state index is -0.352. The highest BCUT2D eigenvalue weighted by atomic mass is 16.3. The van der Waals surface area contributed by atoms with Crippen molar-refractivity contribution in [1.82, 2.24) is 5.43 Å². The molecule has 2 aromatic carbocycles. The molecule has 0 aliphatic carbocycles. The van der Waals surface area contributed by atoms with Crippen molar-refractivity contribution in [2.24, 2.45) is 5.10 Å². The van der Waals surface area contributed by atoms with E-state index in [0.717, 1.165) is 11.1 Å². The summed E-state index contributed by atoms with van der Waals surface area (Å²) in [5, 5.41) is 6.63. The molecule has 3 rings (SSSR count). The third-order valence-electron chi connectivity index (χ3n) is 3.61. The average Bonchev–Trinajstić information content (AvgIpc) is 3.19. The number of nitrogens with one attached hydrogen (secondary N) is 2. The molecule has 0 atom stereocenters. The minimum absolute atomic E-state index is 0.220. The van der Waals surface area contributed by atoms with Crippen molar-refractivity contribution < 1.29 is 14.0 Å². The number of rotatable bonds is 5. The fourth-order valence-corrected chi connectivity index (χ4v) is 2.19. The van der Waals surface area contributed by atoms with Gasteiger partial charge in [-0.1, -0.05) is 29.8 Å². The molecule has 3 aromatic rings. The van der Waals surface area contributed by atoms with Crippen LogP contribution in [0.3, 0.4) is 0 Å². The van der Waals surface area contributed by atoms with Gasteiger partial charge < -0.3 is 9.73 Å². The number of carbonyl (C=O) groups is 2. The number of hydrazone groups is 1. The van der Waals surface area contributed by atoms with E-state index in [1.54, 1.807) is 42.6 Å². The van der Waals surface area contributed by atoms with Crippen LogP contribution in [0, 0.1) is 6.92 Å². The highest BCUT2D eigenvalue weighted by Gasteiger charge is 2.09. The second kappa shape index (κ2) is 7.94. The van der Waals surface area contributed by atoms with Crippen LogP contribution in [-0.2, 0) is 0 Å². The zero-order valence-corrected chi connectivity index (χ0v) is 14.1. The second-order valence-electron chi connectivity index (χ2n) is 5.62. The Kier molecular flexibility index (Phi) is 5.24. The van der Waals surface area contributed by atoms with Crippen LogP contribution in [0.15, 0.2) is 76.4 Å². The number of carbonyl (C=O) groups excluding carboxylic acids is 2. The third kappa shape index (κ3) is 4.45. The molecule has 2 N–H and O–H groups in total. The molecule has 1 heterocycles. The van der Waals surface area contributed by atoms with E-state index < -0.39 is 0 Å². The number of benzene rings is 2. The largest absolute Gasteiger partial charge is 0.459 e. The first kappa shape index (κ1) is 17.2. The Morgan fingerprint density at radius 1 is 0.962 bits per heavy atom. The normalized spacial score (nSPS) is 10.7. The predicted octanol–water partition coefficient (Wildman–Crippen LogP) is 3.60. The molecule has 0 bridgehead atoms. The molecule has 26 heavy (non-hydrogen) atoms. The number of furan rings is 1. The lowest BCUT2D eigenvalue weighted by Crippen LogP contribution is -2.17. The monoisotopic (exact) mass is 347 g/mol. The highest BCUT2D eigenvalue weighted by molar-refractivity contribution is 6.02. The van der Waals surface area contributed by atoms with Gasteiger partial charge in [0.2, 0.25) is 0 Å². The standard InChI is InChI=1S/C20H17N3O3/c1-14-4-6-15(7-5-14)13-21-23-19(24)16-8-10-17(11-9-16)22-20(25)18-3-2-12-26-18/h2-13H,1H3,(H,22,25)(H,23,24)/b21-13-. The molecule has 2 amide bonds. The topological polar surface area (TPSA) is 83.7 Å². The summed E-state index contributed by atoms with van der Waals surface area (Å²) < 4.78 is 5.02. The third-order valence-corrected chi connectivity index (χ3v) is 3.61. The van der Waals surface area contributed by atoms with Gasteiger partial charge in [-0.25, -0.2) is 5.43 Å². The van der Waals surface area contributed by atoms with Crippen LogP contribution in [0.4, 0.5) is 5.69 Å². The predicted molar refractivity (Wildman–Crippen MR) is 99.3 cm³/mol. The molecule has 6 nitrogen and oxygen atoms in total. The van der Waals surface area contributed by atoms with Crippen molar-refractivity contribution in [1.29, 1.82) is 0 Å². The van der Waals surface area contributed by atoms with E-state index >= 15 is 0 Å². The Morgan fingerprint density at radius 3 is 2.35 bits per heavy atom. The summed E-state index contributed by atoms with van der Waals surface area (Å²) in [6.07, 6.45) is 3.01. The van der Waals surface area contributed by atoms with Gasteiger partial charge in [0, 0.05) is 11.3 Å². The fraction of sp³-hybridized carbons (Fsp3) is 0.0500. The molecule has 130 valence electrons. The highest BCUT2D eigenvalue weighted by Crippen LogP contribution is 2.12. The second-order valence-corrected chi connectivity index (χ2v) is 5.62. The summed E-state index contributed by atoms with van der Waals surface area (Å²) in [5.74, 6) is -0.468. The lowest BCUT2D eigenvalue weighted by Gasteiger charge is -2.04. The maximum Gasteiger partial charge on any atom is 0.291 e. The van der Waals surface area contributed by atoms with Crippen molar-refractivity contribution in [3.63, 3.8) is 0 Å². The Morgan fingerprint density at radius 2 is 1.69 bits per heavy atom. The maximum atomic E-state index is 12.1. The summed E-state index contributed by atoms with van der Waals surface area (Å²) in [4.78, 5) is 24.0. The van der Waals surface area contributed by atoms with Gasteiger partial charge in [-0.15, -0.1) is 0 Å². The molecule has 0 fully saturated rings. The van der Waals surface area contributed by atoms with Crippen molar-refractivity contribution in [2.45, 2.75) is 6.92 Å². The van der Waals surface area contributed by atoms with E-state index in [4.69, 9.17) is 4.42 Å². The number of nitrogens with zero attached hydrogens (tertiary/aromatic N) is 1. The van der Waals surface area contributed by atoms with E-state index in [1.165, 1.54) is 6.26 Å². The maximum absolute atomic E-state index is 12.1. The van der Waals surface area contributed by atoms with Gasteiger partial charge in [-0.05, 0) is 48.9 Å². The Bertz CT molecular complexity index is 912. The first-order chi connectivity index (χ1) is 12.6. The number of amides is 2. The van der Waals surface area contributed by atoms with Gasteiger partial charge in [0.15, 0.2) is 5.76 Å². The molecule has 0 spiro atoms. The molecule has 0 aliphatic rings. The Balaban J connectivity index is 1.56. The molecule has 0 saturated carbocycles. The number of aryl methyl sites for hydroxylation is 1. The molecule has 0 saturated heterocycles. The summed E-state index contributed by atoms with van der Waals surface area (Å²) in [5.41, 5.74) is 5.52. The first-order valence-corrected chi connectivity index (χ1v) is 7.97. The number of hydrogen-bond acceptors (Lipinski definition) is 4. The van der Waals surface area contributed by atoms with Crippen molar-refractivity contribution in [3.05, 3.63) is 89.4 Å². The van der Waals surface area contributed by atoms with Gasteiger partial charge in [-0.3, -0.25) is 9.59 Å². The smallest absolute Gasteiger partial charge is 0.291 e. The summed E-state index contributed by atoms with van der Waals surface area (Å²) in [6.45, 7) is 2.00. The molecule has 0 aliphatic heterocycles. The van der Waals surface area contributed by atoms with E-state index in [9.17, 15) is 9.59 Å². The van der Waals surface area contributed by atoms with Crippen LogP contribution in [-0.4, -0.2) is 18.0 Å². The van der Waals surface area contributed by atoms with E-state index in [1.807, 2.05) is 31.2 Å². The van der Waals surface area contributed by atoms with Gasteiger partial charge >= 0.3 is 0 Å². The van der Waals surface area contributed by atoms with Gasteiger partial charge in [0.25, 0.3) is 11.8 Å².